The number of aromatic nitrogens is 3. The molecule has 0 N–H and O–H groups in total. The van der Waals surface area contributed by atoms with Crippen molar-refractivity contribution in [1.82, 2.24) is 15.0 Å². The van der Waals surface area contributed by atoms with Crippen LogP contribution in [-0.4, -0.2) is 15.0 Å². The molecule has 3 nitrogen and oxygen atoms in total. The second-order valence-corrected chi connectivity index (χ2v) is 6.15. The first kappa shape index (κ1) is 14.7. The number of benzene rings is 3. The fourth-order valence-electron chi connectivity index (χ4n) is 3.29. The van der Waals surface area contributed by atoms with Crippen LogP contribution in [0.5, 0.6) is 0 Å². The van der Waals surface area contributed by atoms with Gasteiger partial charge >= 0.3 is 0 Å². The van der Waals surface area contributed by atoms with E-state index >= 15 is 0 Å². The van der Waals surface area contributed by atoms with Crippen molar-refractivity contribution in [3.63, 3.8) is 0 Å². The van der Waals surface area contributed by atoms with Crippen molar-refractivity contribution in [3.05, 3.63) is 91.1 Å². The predicted molar refractivity (Wildman–Crippen MR) is 106 cm³/mol. The number of fused-ring (bicyclic) bond motifs is 2. The number of rotatable bonds is 2. The van der Waals surface area contributed by atoms with Gasteiger partial charge in [0.05, 0.1) is 27.9 Å². The lowest BCUT2D eigenvalue weighted by molar-refractivity contribution is 1.29. The molecule has 0 radical (unpaired) electrons. The maximum Gasteiger partial charge on any atom is 0.0980 e. The summed E-state index contributed by atoms with van der Waals surface area (Å²) in [6, 6.07) is 28.4. The first-order chi connectivity index (χ1) is 12.9. The molecule has 0 atom stereocenters. The van der Waals surface area contributed by atoms with E-state index in [1.165, 1.54) is 0 Å². The van der Waals surface area contributed by atoms with E-state index < -0.39 is 0 Å². The van der Waals surface area contributed by atoms with Crippen LogP contribution in [0.25, 0.3) is 44.5 Å². The van der Waals surface area contributed by atoms with Crippen molar-refractivity contribution in [2.75, 3.05) is 0 Å². The number of pyridine rings is 1. The van der Waals surface area contributed by atoms with E-state index in [1.54, 1.807) is 0 Å². The summed E-state index contributed by atoms with van der Waals surface area (Å²) < 4.78 is 0. The molecule has 3 heteroatoms. The fourth-order valence-corrected chi connectivity index (χ4v) is 3.29. The van der Waals surface area contributed by atoms with Crippen molar-refractivity contribution in [3.8, 4) is 22.5 Å². The molecule has 2 heterocycles. The van der Waals surface area contributed by atoms with E-state index in [0.717, 1.165) is 44.5 Å². The lowest BCUT2D eigenvalue weighted by Gasteiger charge is -2.12. The Hall–Kier alpha value is -3.59. The van der Waals surface area contributed by atoms with Crippen LogP contribution in [0.4, 0.5) is 0 Å². The first-order valence-corrected chi connectivity index (χ1v) is 8.56. The Kier molecular flexibility index (Phi) is 3.42. The average molecular weight is 333 g/mol. The summed E-state index contributed by atoms with van der Waals surface area (Å²) in [7, 11) is 0. The Morgan fingerprint density at radius 3 is 1.88 bits per heavy atom. The lowest BCUT2D eigenvalue weighted by atomic mass is 10.0. The molecule has 0 aliphatic heterocycles. The van der Waals surface area contributed by atoms with Crippen molar-refractivity contribution < 1.29 is 0 Å². The molecule has 0 aliphatic carbocycles. The van der Waals surface area contributed by atoms with Gasteiger partial charge in [-0.2, -0.15) is 0 Å². The molecular formula is C23H15N3. The van der Waals surface area contributed by atoms with Crippen molar-refractivity contribution >= 4 is 21.9 Å². The molecule has 0 spiro atoms. The van der Waals surface area contributed by atoms with E-state index in [2.05, 4.69) is 23.2 Å². The molecule has 0 saturated heterocycles. The third-order valence-corrected chi connectivity index (χ3v) is 4.52. The topological polar surface area (TPSA) is 38.7 Å². The van der Waals surface area contributed by atoms with Gasteiger partial charge in [-0.3, -0.25) is 4.98 Å². The van der Waals surface area contributed by atoms with Gasteiger partial charge in [-0.25, -0.2) is 9.97 Å². The Morgan fingerprint density at radius 1 is 0.500 bits per heavy atom. The summed E-state index contributed by atoms with van der Waals surface area (Å²) in [6.07, 6.45) is 1.84. The Morgan fingerprint density at radius 2 is 1.12 bits per heavy atom. The first-order valence-electron chi connectivity index (χ1n) is 8.56. The van der Waals surface area contributed by atoms with Crippen LogP contribution >= 0.6 is 0 Å². The SMILES string of the molecule is c1ccc(-c2nc3ccccc3nc2-c2ccnc3ccccc23)cc1. The van der Waals surface area contributed by atoms with Gasteiger partial charge in [-0.05, 0) is 24.3 Å². The maximum absolute atomic E-state index is 4.98. The van der Waals surface area contributed by atoms with E-state index in [9.17, 15) is 0 Å². The molecule has 26 heavy (non-hydrogen) atoms. The van der Waals surface area contributed by atoms with Crippen LogP contribution in [0.15, 0.2) is 91.1 Å². The van der Waals surface area contributed by atoms with Crippen LogP contribution in [0.3, 0.4) is 0 Å². The minimum Gasteiger partial charge on any atom is -0.256 e. The molecule has 0 fully saturated rings. The van der Waals surface area contributed by atoms with Crippen molar-refractivity contribution in [1.29, 1.82) is 0 Å². The quantitative estimate of drug-likeness (QED) is 0.427. The highest BCUT2D eigenvalue weighted by atomic mass is 14.8. The summed E-state index contributed by atoms with van der Waals surface area (Å²) in [4.78, 5) is 14.4. The molecule has 0 saturated carbocycles. The zero-order valence-electron chi connectivity index (χ0n) is 14.0. The van der Waals surface area contributed by atoms with Gasteiger partial charge in [0, 0.05) is 22.7 Å². The Labute approximate surface area is 151 Å². The normalized spacial score (nSPS) is 11.1. The van der Waals surface area contributed by atoms with Gasteiger partial charge in [-0.1, -0.05) is 60.7 Å². The van der Waals surface area contributed by atoms with Gasteiger partial charge in [0.15, 0.2) is 0 Å². The fraction of sp³-hybridized carbons (Fsp3) is 0. The number of para-hydroxylation sites is 3. The Bertz CT molecular complexity index is 1220. The molecule has 0 bridgehead atoms. The molecule has 0 aliphatic rings. The third kappa shape index (κ3) is 2.42. The molecular weight excluding hydrogens is 318 g/mol. The highest BCUT2D eigenvalue weighted by Gasteiger charge is 2.15. The smallest absolute Gasteiger partial charge is 0.0980 e. The molecule has 122 valence electrons. The average Bonchev–Trinajstić information content (AvgIpc) is 2.73. The standard InChI is InChI=1S/C23H15N3/c1-2-8-16(9-3-1)22-23(26-21-13-7-6-12-20(21)25-22)18-14-15-24-19-11-5-4-10-17(18)19/h1-15H. The zero-order chi connectivity index (χ0) is 17.3. The monoisotopic (exact) mass is 333 g/mol. The number of hydrogen-bond acceptors (Lipinski definition) is 3. The number of hydrogen-bond donors (Lipinski definition) is 0. The van der Waals surface area contributed by atoms with Gasteiger partial charge < -0.3 is 0 Å². The maximum atomic E-state index is 4.98. The second kappa shape index (κ2) is 6.05. The van der Waals surface area contributed by atoms with Crippen molar-refractivity contribution in [2.45, 2.75) is 0 Å². The summed E-state index contributed by atoms with van der Waals surface area (Å²) in [5.41, 5.74) is 6.62. The minimum absolute atomic E-state index is 0.883. The summed E-state index contributed by atoms with van der Waals surface area (Å²) in [5.74, 6) is 0. The van der Waals surface area contributed by atoms with Gasteiger partial charge in [0.25, 0.3) is 0 Å². The van der Waals surface area contributed by atoms with Gasteiger partial charge in [-0.15, -0.1) is 0 Å². The third-order valence-electron chi connectivity index (χ3n) is 4.52. The van der Waals surface area contributed by atoms with Crippen LogP contribution in [-0.2, 0) is 0 Å². The summed E-state index contributed by atoms with van der Waals surface area (Å²) >= 11 is 0. The van der Waals surface area contributed by atoms with Crippen molar-refractivity contribution in [2.24, 2.45) is 0 Å². The lowest BCUT2D eigenvalue weighted by Crippen LogP contribution is -1.96. The van der Waals surface area contributed by atoms with E-state index in [-0.39, 0.29) is 0 Å². The molecule has 3 aromatic carbocycles. The van der Waals surface area contributed by atoms with E-state index in [0.29, 0.717) is 0 Å². The highest BCUT2D eigenvalue weighted by Crippen LogP contribution is 2.34. The highest BCUT2D eigenvalue weighted by molar-refractivity contribution is 5.98. The van der Waals surface area contributed by atoms with Crippen LogP contribution in [0.2, 0.25) is 0 Å². The zero-order valence-corrected chi connectivity index (χ0v) is 14.0. The summed E-state index contributed by atoms with van der Waals surface area (Å²) in [5, 5.41) is 1.08. The predicted octanol–water partition coefficient (Wildman–Crippen LogP) is 5.51. The van der Waals surface area contributed by atoms with Gasteiger partial charge in [0.2, 0.25) is 0 Å². The van der Waals surface area contributed by atoms with Gasteiger partial charge in [0.1, 0.15) is 0 Å². The molecule has 0 amide bonds. The largest absolute Gasteiger partial charge is 0.256 e. The van der Waals surface area contributed by atoms with Crippen LogP contribution in [0, 0.1) is 0 Å². The van der Waals surface area contributed by atoms with Crippen LogP contribution < -0.4 is 0 Å². The molecule has 5 rings (SSSR count). The Balaban J connectivity index is 1.89. The van der Waals surface area contributed by atoms with Crippen LogP contribution in [0.1, 0.15) is 0 Å². The molecule has 0 unspecified atom stereocenters. The van der Waals surface area contributed by atoms with E-state index in [4.69, 9.17) is 9.97 Å². The second-order valence-electron chi connectivity index (χ2n) is 6.15. The molecule has 2 aromatic heterocycles. The molecule has 5 aromatic rings. The number of nitrogens with zero attached hydrogens (tertiary/aromatic N) is 3. The minimum atomic E-state index is 0.883. The summed E-state index contributed by atoms with van der Waals surface area (Å²) in [6.45, 7) is 0. The van der Waals surface area contributed by atoms with E-state index in [1.807, 2.05) is 72.9 Å².